The molecule has 1 saturated heterocycles. The molecule has 1 aliphatic rings. The van der Waals surface area contributed by atoms with E-state index in [-0.39, 0.29) is 0 Å². The van der Waals surface area contributed by atoms with E-state index in [1.165, 1.54) is 33.6 Å². The minimum atomic E-state index is 0.387. The standard InChI is InChI=1S/C14H23BrN2S/c1-9-5-4-6-17(10(9)2)13(8-16)14-7-12(15)11(3)18-14/h7,9-10,13H,4-6,8,16H2,1-3H3. The summed E-state index contributed by atoms with van der Waals surface area (Å²) in [5.74, 6) is 0.775. The van der Waals surface area contributed by atoms with Gasteiger partial charge in [0.05, 0.1) is 6.04 Å². The first kappa shape index (κ1) is 14.5. The van der Waals surface area contributed by atoms with Gasteiger partial charge in [0, 0.05) is 26.8 Å². The van der Waals surface area contributed by atoms with E-state index in [0.29, 0.717) is 18.6 Å². The summed E-state index contributed by atoms with van der Waals surface area (Å²) < 4.78 is 1.22. The maximum absolute atomic E-state index is 6.05. The topological polar surface area (TPSA) is 29.3 Å². The third-order valence-corrected chi connectivity index (χ3v) is 6.49. The lowest BCUT2D eigenvalue weighted by Gasteiger charge is -2.42. The summed E-state index contributed by atoms with van der Waals surface area (Å²) in [5.41, 5.74) is 6.05. The van der Waals surface area contributed by atoms with Crippen LogP contribution in [-0.2, 0) is 0 Å². The molecule has 0 bridgehead atoms. The van der Waals surface area contributed by atoms with Gasteiger partial charge in [-0.15, -0.1) is 11.3 Å². The zero-order chi connectivity index (χ0) is 13.3. The fourth-order valence-electron chi connectivity index (χ4n) is 2.87. The first-order chi connectivity index (χ1) is 8.54. The average molecular weight is 331 g/mol. The smallest absolute Gasteiger partial charge is 0.0567 e. The van der Waals surface area contributed by atoms with Crippen LogP contribution < -0.4 is 5.73 Å². The van der Waals surface area contributed by atoms with Crippen LogP contribution in [0, 0.1) is 12.8 Å². The van der Waals surface area contributed by atoms with Gasteiger partial charge in [0.15, 0.2) is 0 Å². The zero-order valence-corrected chi connectivity index (χ0v) is 13.9. The predicted octanol–water partition coefficient (Wildman–Crippen LogP) is 3.94. The van der Waals surface area contributed by atoms with E-state index in [1.807, 2.05) is 11.3 Å². The normalized spacial score (nSPS) is 27.4. The highest BCUT2D eigenvalue weighted by Gasteiger charge is 2.31. The molecule has 2 nitrogen and oxygen atoms in total. The number of piperidine rings is 1. The number of thiophene rings is 1. The van der Waals surface area contributed by atoms with Crippen LogP contribution >= 0.6 is 27.3 Å². The van der Waals surface area contributed by atoms with Crippen LogP contribution in [0.1, 0.15) is 42.5 Å². The third-order valence-electron chi connectivity index (χ3n) is 4.25. The number of nitrogens with two attached hydrogens (primary N) is 1. The summed E-state index contributed by atoms with van der Waals surface area (Å²) in [6, 6.07) is 3.27. The van der Waals surface area contributed by atoms with Gasteiger partial charge in [-0.2, -0.15) is 0 Å². The second kappa shape index (κ2) is 6.04. The number of rotatable bonds is 3. The van der Waals surface area contributed by atoms with E-state index in [9.17, 15) is 0 Å². The Bertz CT molecular complexity index is 385. The van der Waals surface area contributed by atoms with Gasteiger partial charge in [0.1, 0.15) is 0 Å². The zero-order valence-electron chi connectivity index (χ0n) is 11.4. The van der Waals surface area contributed by atoms with E-state index in [2.05, 4.69) is 47.7 Å². The average Bonchev–Trinajstić information content (AvgIpc) is 2.66. The number of hydrogen-bond donors (Lipinski definition) is 1. The van der Waals surface area contributed by atoms with Crippen LogP contribution in [0.2, 0.25) is 0 Å². The minimum absolute atomic E-state index is 0.387. The SMILES string of the molecule is Cc1sc(C(CN)N2CCCC(C)C2C)cc1Br. The van der Waals surface area contributed by atoms with E-state index >= 15 is 0 Å². The summed E-state index contributed by atoms with van der Waals surface area (Å²) >= 11 is 5.49. The van der Waals surface area contributed by atoms with Crippen molar-refractivity contribution < 1.29 is 0 Å². The largest absolute Gasteiger partial charge is 0.329 e. The fourth-order valence-corrected chi connectivity index (χ4v) is 4.56. The maximum atomic E-state index is 6.05. The van der Waals surface area contributed by atoms with E-state index in [1.54, 1.807) is 0 Å². The molecule has 102 valence electrons. The number of halogens is 1. The van der Waals surface area contributed by atoms with Crippen LogP contribution in [0.5, 0.6) is 0 Å². The molecule has 18 heavy (non-hydrogen) atoms. The monoisotopic (exact) mass is 330 g/mol. The minimum Gasteiger partial charge on any atom is -0.329 e. The molecule has 0 spiro atoms. The Labute approximate surface area is 123 Å². The Balaban J connectivity index is 2.22. The predicted molar refractivity (Wildman–Crippen MR) is 83.1 cm³/mol. The molecule has 1 aromatic rings. The first-order valence-corrected chi connectivity index (χ1v) is 8.37. The van der Waals surface area contributed by atoms with Gasteiger partial charge in [-0.1, -0.05) is 6.92 Å². The second-order valence-corrected chi connectivity index (χ2v) is 7.54. The molecule has 1 aromatic heterocycles. The third kappa shape index (κ3) is 2.82. The summed E-state index contributed by atoms with van der Waals surface area (Å²) in [7, 11) is 0. The molecular weight excluding hydrogens is 308 g/mol. The van der Waals surface area contributed by atoms with Crippen LogP contribution in [-0.4, -0.2) is 24.0 Å². The number of nitrogens with zero attached hydrogens (tertiary/aromatic N) is 1. The van der Waals surface area contributed by atoms with Gasteiger partial charge >= 0.3 is 0 Å². The molecule has 2 rings (SSSR count). The summed E-state index contributed by atoms with van der Waals surface area (Å²) in [6.07, 6.45) is 2.65. The Morgan fingerprint density at radius 2 is 2.28 bits per heavy atom. The quantitative estimate of drug-likeness (QED) is 0.909. The van der Waals surface area contributed by atoms with Gasteiger partial charge in [-0.05, 0) is 61.1 Å². The summed E-state index contributed by atoms with van der Waals surface area (Å²) in [6.45, 7) is 8.77. The van der Waals surface area contributed by atoms with Crippen molar-refractivity contribution in [1.82, 2.24) is 4.90 Å². The van der Waals surface area contributed by atoms with Crippen molar-refractivity contribution in [3.05, 3.63) is 20.3 Å². The molecule has 0 amide bonds. The Kier molecular flexibility index (Phi) is 4.86. The maximum Gasteiger partial charge on any atom is 0.0567 e. The lowest BCUT2D eigenvalue weighted by atomic mass is 9.90. The van der Waals surface area contributed by atoms with Gasteiger partial charge in [-0.25, -0.2) is 0 Å². The number of hydrogen-bond acceptors (Lipinski definition) is 3. The Hall–Kier alpha value is 0.100. The first-order valence-electron chi connectivity index (χ1n) is 6.76. The molecule has 2 heterocycles. The van der Waals surface area contributed by atoms with Crippen LogP contribution in [0.25, 0.3) is 0 Å². The molecule has 4 heteroatoms. The molecule has 0 radical (unpaired) electrons. The van der Waals surface area contributed by atoms with Gasteiger partial charge < -0.3 is 5.73 Å². The van der Waals surface area contributed by atoms with Crippen molar-refractivity contribution in [2.24, 2.45) is 11.7 Å². The number of aryl methyl sites for hydroxylation is 1. The van der Waals surface area contributed by atoms with E-state index in [4.69, 9.17) is 5.73 Å². The van der Waals surface area contributed by atoms with E-state index in [0.717, 1.165) is 5.92 Å². The van der Waals surface area contributed by atoms with Crippen molar-refractivity contribution >= 4 is 27.3 Å². The van der Waals surface area contributed by atoms with Gasteiger partial charge in [0.2, 0.25) is 0 Å². The fraction of sp³-hybridized carbons (Fsp3) is 0.714. The van der Waals surface area contributed by atoms with Gasteiger partial charge in [0.25, 0.3) is 0 Å². The summed E-state index contributed by atoms with van der Waals surface area (Å²) in [4.78, 5) is 5.36. The Morgan fingerprint density at radius 3 is 2.83 bits per heavy atom. The van der Waals surface area contributed by atoms with Crippen molar-refractivity contribution in [3.63, 3.8) is 0 Å². The highest BCUT2D eigenvalue weighted by Crippen LogP contribution is 2.36. The summed E-state index contributed by atoms with van der Waals surface area (Å²) in [5, 5.41) is 0. The molecule has 1 fully saturated rings. The Morgan fingerprint density at radius 1 is 1.56 bits per heavy atom. The van der Waals surface area contributed by atoms with Crippen molar-refractivity contribution in [3.8, 4) is 0 Å². The molecular formula is C14H23BrN2S. The molecule has 3 atom stereocenters. The molecule has 0 saturated carbocycles. The van der Waals surface area contributed by atoms with Crippen LogP contribution in [0.3, 0.4) is 0 Å². The molecule has 0 aromatic carbocycles. The van der Waals surface area contributed by atoms with Gasteiger partial charge in [-0.3, -0.25) is 4.90 Å². The highest BCUT2D eigenvalue weighted by atomic mass is 79.9. The molecule has 1 aliphatic heterocycles. The molecule has 2 N–H and O–H groups in total. The lowest BCUT2D eigenvalue weighted by Crippen LogP contribution is -2.46. The number of likely N-dealkylation sites (tertiary alicyclic amines) is 1. The van der Waals surface area contributed by atoms with E-state index < -0.39 is 0 Å². The van der Waals surface area contributed by atoms with Crippen molar-refractivity contribution in [1.29, 1.82) is 0 Å². The van der Waals surface area contributed by atoms with Crippen molar-refractivity contribution in [2.45, 2.75) is 45.7 Å². The van der Waals surface area contributed by atoms with Crippen LogP contribution in [0.15, 0.2) is 10.5 Å². The molecule has 3 unspecified atom stereocenters. The lowest BCUT2D eigenvalue weighted by molar-refractivity contribution is 0.0724. The highest BCUT2D eigenvalue weighted by molar-refractivity contribution is 9.10. The van der Waals surface area contributed by atoms with Crippen molar-refractivity contribution in [2.75, 3.05) is 13.1 Å². The van der Waals surface area contributed by atoms with Crippen LogP contribution in [0.4, 0.5) is 0 Å². The molecule has 0 aliphatic carbocycles. The second-order valence-electron chi connectivity index (χ2n) is 5.40.